The largest absolute Gasteiger partial charge is 0.355 e. The van der Waals surface area contributed by atoms with Gasteiger partial charge in [-0.3, -0.25) is 4.79 Å². The van der Waals surface area contributed by atoms with Crippen LogP contribution in [0.15, 0.2) is 53.4 Å². The van der Waals surface area contributed by atoms with Crippen LogP contribution in [0.2, 0.25) is 0 Å². The number of rotatable bonds is 6. The lowest BCUT2D eigenvalue weighted by Crippen LogP contribution is -2.30. The third-order valence-corrected chi connectivity index (χ3v) is 5.92. The van der Waals surface area contributed by atoms with Crippen molar-refractivity contribution in [1.82, 2.24) is 10.0 Å². The van der Waals surface area contributed by atoms with Gasteiger partial charge in [0, 0.05) is 18.7 Å². The highest BCUT2D eigenvalue weighted by atomic mass is 32.2. The summed E-state index contributed by atoms with van der Waals surface area (Å²) in [5.74, 6) is 0.0926. The fourth-order valence-electron chi connectivity index (χ4n) is 2.80. The number of benzene rings is 2. The lowest BCUT2D eigenvalue weighted by Gasteiger charge is -2.19. The van der Waals surface area contributed by atoms with E-state index in [9.17, 15) is 13.2 Å². The van der Waals surface area contributed by atoms with Crippen molar-refractivity contribution in [3.63, 3.8) is 0 Å². The van der Waals surface area contributed by atoms with Crippen molar-refractivity contribution in [1.29, 1.82) is 0 Å². The fraction of sp³-hybridized carbons (Fsp3) is 0.316. The summed E-state index contributed by atoms with van der Waals surface area (Å²) in [6.07, 6.45) is 2.05. The second-order valence-corrected chi connectivity index (χ2v) is 8.16. The summed E-state index contributed by atoms with van der Waals surface area (Å²) in [7, 11) is -2.12. The molecule has 5 nitrogen and oxygen atoms in total. The maximum absolute atomic E-state index is 12.8. The number of nitrogens with one attached hydrogen (secondary N) is 2. The zero-order valence-corrected chi connectivity index (χ0v) is 15.1. The summed E-state index contributed by atoms with van der Waals surface area (Å²) in [4.78, 5) is 11.8. The van der Waals surface area contributed by atoms with E-state index in [0.717, 1.165) is 24.0 Å². The normalized spacial score (nSPS) is 15.6. The molecule has 2 aromatic carbocycles. The van der Waals surface area contributed by atoms with Crippen LogP contribution in [0.4, 0.5) is 0 Å². The van der Waals surface area contributed by atoms with Gasteiger partial charge in [0.25, 0.3) is 5.91 Å². The molecule has 0 unspecified atom stereocenters. The van der Waals surface area contributed by atoms with E-state index in [1.807, 2.05) is 31.2 Å². The van der Waals surface area contributed by atoms with E-state index in [-0.39, 0.29) is 16.8 Å². The van der Waals surface area contributed by atoms with Crippen molar-refractivity contribution < 1.29 is 13.2 Å². The minimum atomic E-state index is -3.65. The summed E-state index contributed by atoms with van der Waals surface area (Å²) in [5, 5.41) is 2.52. The van der Waals surface area contributed by atoms with Crippen LogP contribution in [-0.4, -0.2) is 21.4 Å². The Kier molecular flexibility index (Phi) is 4.92. The van der Waals surface area contributed by atoms with Crippen LogP contribution in [0, 0.1) is 12.8 Å². The molecule has 1 saturated carbocycles. The Morgan fingerprint density at radius 2 is 1.64 bits per heavy atom. The molecule has 6 heteroatoms. The lowest BCUT2D eigenvalue weighted by molar-refractivity contribution is 0.0963. The number of aryl methyl sites for hydroxylation is 1. The summed E-state index contributed by atoms with van der Waals surface area (Å²) >= 11 is 0. The zero-order chi connectivity index (χ0) is 18.0. The predicted octanol–water partition coefficient (Wildman–Crippen LogP) is 2.78. The third kappa shape index (κ3) is 4.08. The van der Waals surface area contributed by atoms with Gasteiger partial charge in [-0.15, -0.1) is 0 Å². The van der Waals surface area contributed by atoms with Crippen LogP contribution < -0.4 is 10.0 Å². The second kappa shape index (κ2) is 6.98. The summed E-state index contributed by atoms with van der Waals surface area (Å²) in [6.45, 7) is 2.01. The van der Waals surface area contributed by atoms with Crippen LogP contribution in [0.25, 0.3) is 0 Å². The molecule has 0 heterocycles. The standard InChI is InChI=1S/C19H22N2O3S/c1-13-3-5-14(6-4-13)18(15-7-8-15)21-25(23,24)17-11-9-16(10-12-17)19(22)20-2/h3-6,9-12,15,18,21H,7-8H2,1-2H3,(H,20,22)/t18-/m1/s1. The number of hydrogen-bond donors (Lipinski definition) is 2. The number of carbonyl (C=O) groups is 1. The Hall–Kier alpha value is -2.18. The van der Waals surface area contributed by atoms with E-state index in [1.165, 1.54) is 31.3 Å². The van der Waals surface area contributed by atoms with Gasteiger partial charge in [0.2, 0.25) is 10.0 Å². The smallest absolute Gasteiger partial charge is 0.251 e. The van der Waals surface area contributed by atoms with E-state index < -0.39 is 10.0 Å². The van der Waals surface area contributed by atoms with Crippen molar-refractivity contribution in [2.45, 2.75) is 30.7 Å². The van der Waals surface area contributed by atoms with Crippen molar-refractivity contribution in [3.8, 4) is 0 Å². The van der Waals surface area contributed by atoms with Crippen LogP contribution in [0.3, 0.4) is 0 Å². The molecule has 2 aromatic rings. The first-order chi connectivity index (χ1) is 11.9. The Bertz CT molecular complexity index is 855. The topological polar surface area (TPSA) is 75.3 Å². The quantitative estimate of drug-likeness (QED) is 0.834. The molecular formula is C19H22N2O3S. The maximum Gasteiger partial charge on any atom is 0.251 e. The second-order valence-electron chi connectivity index (χ2n) is 6.45. The van der Waals surface area contributed by atoms with Gasteiger partial charge < -0.3 is 5.32 Å². The molecule has 3 rings (SSSR count). The molecule has 0 radical (unpaired) electrons. The molecule has 1 aliphatic rings. The fourth-order valence-corrected chi connectivity index (χ4v) is 4.10. The molecule has 0 spiro atoms. The average molecular weight is 358 g/mol. The maximum atomic E-state index is 12.8. The van der Waals surface area contributed by atoms with Crippen molar-refractivity contribution in [3.05, 3.63) is 65.2 Å². The van der Waals surface area contributed by atoms with E-state index >= 15 is 0 Å². The van der Waals surface area contributed by atoms with Gasteiger partial charge in [-0.25, -0.2) is 13.1 Å². The Labute approximate surface area is 148 Å². The van der Waals surface area contributed by atoms with E-state index in [1.54, 1.807) is 0 Å². The van der Waals surface area contributed by atoms with E-state index in [0.29, 0.717) is 11.5 Å². The molecule has 0 aromatic heterocycles. The Morgan fingerprint density at radius 1 is 1.04 bits per heavy atom. The van der Waals surface area contributed by atoms with E-state index in [2.05, 4.69) is 10.0 Å². The third-order valence-electron chi connectivity index (χ3n) is 4.47. The zero-order valence-electron chi connectivity index (χ0n) is 14.3. The van der Waals surface area contributed by atoms with Gasteiger partial charge in [0.1, 0.15) is 0 Å². The molecular weight excluding hydrogens is 336 g/mol. The molecule has 25 heavy (non-hydrogen) atoms. The molecule has 2 N–H and O–H groups in total. The van der Waals surface area contributed by atoms with Gasteiger partial charge in [0.15, 0.2) is 0 Å². The van der Waals surface area contributed by atoms with Gasteiger partial charge in [-0.1, -0.05) is 29.8 Å². The Balaban J connectivity index is 1.83. The first-order valence-electron chi connectivity index (χ1n) is 8.32. The highest BCUT2D eigenvalue weighted by molar-refractivity contribution is 7.89. The molecule has 132 valence electrons. The molecule has 1 aliphatic carbocycles. The molecule has 0 bridgehead atoms. The van der Waals surface area contributed by atoms with Gasteiger partial charge in [0.05, 0.1) is 4.90 Å². The van der Waals surface area contributed by atoms with Crippen molar-refractivity contribution in [2.24, 2.45) is 5.92 Å². The van der Waals surface area contributed by atoms with Gasteiger partial charge in [-0.2, -0.15) is 0 Å². The summed E-state index contributed by atoms with van der Waals surface area (Å²) < 4.78 is 28.3. The molecule has 1 fully saturated rings. The number of carbonyl (C=O) groups excluding carboxylic acids is 1. The minimum Gasteiger partial charge on any atom is -0.355 e. The Morgan fingerprint density at radius 3 is 2.16 bits per heavy atom. The van der Waals surface area contributed by atoms with Crippen molar-refractivity contribution in [2.75, 3.05) is 7.05 Å². The molecule has 0 aliphatic heterocycles. The predicted molar refractivity (Wildman–Crippen MR) is 96.8 cm³/mol. The summed E-state index contributed by atoms with van der Waals surface area (Å²) in [5.41, 5.74) is 2.56. The van der Waals surface area contributed by atoms with Crippen molar-refractivity contribution >= 4 is 15.9 Å². The average Bonchev–Trinajstić information content (AvgIpc) is 3.45. The van der Waals surface area contributed by atoms with E-state index in [4.69, 9.17) is 0 Å². The van der Waals surface area contributed by atoms with Crippen LogP contribution >= 0.6 is 0 Å². The van der Waals surface area contributed by atoms with Gasteiger partial charge >= 0.3 is 0 Å². The first-order valence-corrected chi connectivity index (χ1v) is 9.80. The monoisotopic (exact) mass is 358 g/mol. The SMILES string of the molecule is CNC(=O)c1ccc(S(=O)(=O)N[C@H](c2ccc(C)cc2)C2CC2)cc1. The molecule has 1 amide bonds. The van der Waals surface area contributed by atoms with Gasteiger partial charge in [-0.05, 0) is 55.5 Å². The first kappa shape index (κ1) is 17.6. The summed E-state index contributed by atoms with van der Waals surface area (Å²) in [6, 6.07) is 13.7. The molecule has 0 saturated heterocycles. The van der Waals surface area contributed by atoms with Crippen LogP contribution in [-0.2, 0) is 10.0 Å². The highest BCUT2D eigenvalue weighted by Gasteiger charge is 2.35. The minimum absolute atomic E-state index is 0.165. The number of sulfonamides is 1. The lowest BCUT2D eigenvalue weighted by atomic mass is 10.0. The number of amides is 1. The molecule has 1 atom stereocenters. The highest BCUT2D eigenvalue weighted by Crippen LogP contribution is 2.41. The number of hydrogen-bond acceptors (Lipinski definition) is 3. The van der Waals surface area contributed by atoms with Crippen LogP contribution in [0.1, 0.15) is 40.4 Å². The van der Waals surface area contributed by atoms with Crippen LogP contribution in [0.5, 0.6) is 0 Å².